The van der Waals surface area contributed by atoms with E-state index in [1.54, 1.807) is 31.3 Å². The zero-order chi connectivity index (χ0) is 22.3. The van der Waals surface area contributed by atoms with Crippen LogP contribution >= 0.6 is 0 Å². The van der Waals surface area contributed by atoms with E-state index in [0.717, 1.165) is 4.68 Å². The average molecular weight is 433 g/mol. The zero-order valence-corrected chi connectivity index (χ0v) is 16.8. The van der Waals surface area contributed by atoms with Crippen LogP contribution in [0.1, 0.15) is 29.0 Å². The van der Waals surface area contributed by atoms with Crippen LogP contribution in [0, 0.1) is 0 Å². The third kappa shape index (κ3) is 3.78. The summed E-state index contributed by atoms with van der Waals surface area (Å²) < 4.78 is 49.1. The van der Waals surface area contributed by atoms with Crippen molar-refractivity contribution in [2.24, 2.45) is 0 Å². The predicted octanol–water partition coefficient (Wildman–Crippen LogP) is 3.64. The molecule has 1 aliphatic heterocycles. The molecule has 3 aromatic rings. The first-order valence-electron chi connectivity index (χ1n) is 9.25. The molecule has 0 saturated carbocycles. The first-order chi connectivity index (χ1) is 14.7. The van der Waals surface area contributed by atoms with Crippen LogP contribution < -0.4 is 14.4 Å². The third-order valence-electron chi connectivity index (χ3n) is 4.90. The normalized spacial score (nSPS) is 15.9. The number of aromatic nitrogens is 4. The van der Waals surface area contributed by atoms with Crippen LogP contribution in [-0.2, 0) is 6.54 Å². The maximum atomic E-state index is 12.9. The molecule has 0 fully saturated rings. The van der Waals surface area contributed by atoms with E-state index in [1.807, 2.05) is 0 Å². The lowest BCUT2D eigenvalue weighted by Crippen LogP contribution is -2.27. The minimum Gasteiger partial charge on any atom is -0.491 e. The van der Waals surface area contributed by atoms with E-state index < -0.39 is 18.8 Å². The molecular weight excluding hydrogens is 415 g/mol. The Labute approximate surface area is 175 Å². The molecule has 1 atom stereocenters. The number of methoxy groups -OCH3 is 2. The fourth-order valence-corrected chi connectivity index (χ4v) is 3.49. The largest absolute Gasteiger partial charge is 0.491 e. The van der Waals surface area contributed by atoms with Gasteiger partial charge in [0.25, 0.3) is 11.8 Å². The Kier molecular flexibility index (Phi) is 5.03. The SMILES string of the molecule is COc1cc(-c2ccc3c(n2)[C@@H](C)N(c2ccn(CC(F)(F)F)n2)C3=O)cnc1OC. The molecule has 1 amide bonds. The molecular formula is C20H18F3N5O3. The van der Waals surface area contributed by atoms with Crippen LogP contribution in [0.2, 0.25) is 0 Å². The number of ether oxygens (including phenoxy) is 2. The Morgan fingerprint density at radius 1 is 1.16 bits per heavy atom. The standard InChI is InChI=1S/C20H18F3N5O3/c1-11-17-13(19(29)28(11)16-6-7-27(26-16)10-20(21,22)23)4-5-14(25-17)12-8-15(30-2)18(31-3)24-9-12/h4-9,11H,10H2,1-3H3/t11-/m1/s1. The van der Waals surface area contributed by atoms with Gasteiger partial charge in [-0.25, -0.2) is 9.97 Å². The first kappa shape index (κ1) is 20.6. The van der Waals surface area contributed by atoms with Crippen molar-refractivity contribution in [3.05, 3.63) is 47.9 Å². The molecule has 31 heavy (non-hydrogen) atoms. The fraction of sp³-hybridized carbons (Fsp3) is 0.300. The summed E-state index contributed by atoms with van der Waals surface area (Å²) in [6, 6.07) is 5.91. The number of rotatable bonds is 5. The molecule has 4 heterocycles. The highest BCUT2D eigenvalue weighted by Gasteiger charge is 2.38. The van der Waals surface area contributed by atoms with Crippen molar-refractivity contribution in [3.63, 3.8) is 0 Å². The summed E-state index contributed by atoms with van der Waals surface area (Å²) in [5, 5.41) is 3.92. The summed E-state index contributed by atoms with van der Waals surface area (Å²) in [6.07, 6.45) is -1.63. The number of pyridine rings is 2. The second-order valence-corrected chi connectivity index (χ2v) is 6.90. The van der Waals surface area contributed by atoms with Crippen molar-refractivity contribution in [3.8, 4) is 22.9 Å². The lowest BCUT2D eigenvalue weighted by molar-refractivity contribution is -0.142. The second-order valence-electron chi connectivity index (χ2n) is 6.90. The van der Waals surface area contributed by atoms with Gasteiger partial charge in [0.1, 0.15) is 6.54 Å². The van der Waals surface area contributed by atoms with Gasteiger partial charge >= 0.3 is 6.18 Å². The number of alkyl halides is 3. The molecule has 1 aliphatic rings. The van der Waals surface area contributed by atoms with Crippen LogP contribution in [0.25, 0.3) is 11.3 Å². The number of carbonyl (C=O) groups is 1. The highest BCUT2D eigenvalue weighted by molar-refractivity contribution is 6.10. The number of nitrogens with zero attached hydrogens (tertiary/aromatic N) is 5. The minimum absolute atomic E-state index is 0.133. The molecule has 0 aromatic carbocycles. The van der Waals surface area contributed by atoms with Crippen molar-refractivity contribution in [2.75, 3.05) is 19.1 Å². The maximum Gasteiger partial charge on any atom is 0.408 e. The molecule has 0 aliphatic carbocycles. The summed E-state index contributed by atoms with van der Waals surface area (Å²) in [7, 11) is 2.98. The number of amides is 1. The van der Waals surface area contributed by atoms with Gasteiger partial charge in [-0.2, -0.15) is 18.3 Å². The van der Waals surface area contributed by atoms with Crippen LogP contribution in [0.5, 0.6) is 11.6 Å². The molecule has 162 valence electrons. The molecule has 4 rings (SSSR count). The molecule has 0 N–H and O–H groups in total. The van der Waals surface area contributed by atoms with Crippen molar-refractivity contribution < 1.29 is 27.4 Å². The maximum absolute atomic E-state index is 12.9. The van der Waals surface area contributed by atoms with E-state index in [-0.39, 0.29) is 11.7 Å². The average Bonchev–Trinajstić information content (AvgIpc) is 3.27. The molecule has 3 aromatic heterocycles. The summed E-state index contributed by atoms with van der Waals surface area (Å²) in [5.41, 5.74) is 2.10. The number of carbonyl (C=O) groups excluding carboxylic acids is 1. The van der Waals surface area contributed by atoms with Gasteiger partial charge in [0.2, 0.25) is 0 Å². The van der Waals surface area contributed by atoms with Crippen molar-refractivity contribution in [1.82, 2.24) is 19.7 Å². The second kappa shape index (κ2) is 7.56. The van der Waals surface area contributed by atoms with Crippen LogP contribution in [0.3, 0.4) is 0 Å². The van der Waals surface area contributed by atoms with Crippen LogP contribution in [0.4, 0.5) is 19.0 Å². The van der Waals surface area contributed by atoms with Gasteiger partial charge in [-0.1, -0.05) is 0 Å². The number of fused-ring (bicyclic) bond motifs is 1. The molecule has 0 bridgehead atoms. The van der Waals surface area contributed by atoms with E-state index in [4.69, 9.17) is 9.47 Å². The van der Waals surface area contributed by atoms with Gasteiger partial charge in [-0.15, -0.1) is 0 Å². The summed E-state index contributed by atoms with van der Waals surface area (Å²) in [6.45, 7) is 0.515. The van der Waals surface area contributed by atoms with Crippen molar-refractivity contribution >= 4 is 11.7 Å². The van der Waals surface area contributed by atoms with E-state index >= 15 is 0 Å². The zero-order valence-electron chi connectivity index (χ0n) is 16.8. The van der Waals surface area contributed by atoms with Crippen molar-refractivity contribution in [2.45, 2.75) is 25.7 Å². The minimum atomic E-state index is -4.41. The molecule has 0 unspecified atom stereocenters. The molecule has 0 spiro atoms. The smallest absolute Gasteiger partial charge is 0.408 e. The lowest BCUT2D eigenvalue weighted by Gasteiger charge is -2.18. The van der Waals surface area contributed by atoms with Gasteiger partial charge in [0, 0.05) is 24.0 Å². The first-order valence-corrected chi connectivity index (χ1v) is 9.25. The van der Waals surface area contributed by atoms with E-state index in [1.165, 1.54) is 31.4 Å². The molecule has 8 nitrogen and oxygen atoms in total. The number of halogens is 3. The van der Waals surface area contributed by atoms with Gasteiger partial charge in [0.05, 0.1) is 37.2 Å². The third-order valence-corrected chi connectivity index (χ3v) is 4.90. The molecule has 0 radical (unpaired) electrons. The Balaban J connectivity index is 1.66. The highest BCUT2D eigenvalue weighted by Crippen LogP contribution is 2.37. The Bertz CT molecular complexity index is 1150. The summed E-state index contributed by atoms with van der Waals surface area (Å²) in [5.74, 6) is 0.526. The molecule has 11 heteroatoms. The van der Waals surface area contributed by atoms with E-state index in [0.29, 0.717) is 34.1 Å². The van der Waals surface area contributed by atoms with Gasteiger partial charge in [0.15, 0.2) is 11.6 Å². The predicted molar refractivity (Wildman–Crippen MR) is 104 cm³/mol. The monoisotopic (exact) mass is 433 g/mol. The van der Waals surface area contributed by atoms with Crippen LogP contribution in [0.15, 0.2) is 36.7 Å². The topological polar surface area (TPSA) is 82.4 Å². The number of hydrogen-bond acceptors (Lipinski definition) is 6. The number of anilines is 1. The Morgan fingerprint density at radius 2 is 1.94 bits per heavy atom. The summed E-state index contributed by atoms with van der Waals surface area (Å²) >= 11 is 0. The Hall–Kier alpha value is -3.63. The van der Waals surface area contributed by atoms with Crippen LogP contribution in [-0.4, -0.2) is 46.1 Å². The quantitative estimate of drug-likeness (QED) is 0.611. The van der Waals surface area contributed by atoms with Gasteiger partial charge in [-0.05, 0) is 25.1 Å². The Morgan fingerprint density at radius 3 is 2.61 bits per heavy atom. The lowest BCUT2D eigenvalue weighted by atomic mass is 10.1. The summed E-state index contributed by atoms with van der Waals surface area (Å²) in [4.78, 5) is 23.0. The molecule has 0 saturated heterocycles. The van der Waals surface area contributed by atoms with Gasteiger partial charge in [-0.3, -0.25) is 14.4 Å². The van der Waals surface area contributed by atoms with Gasteiger partial charge < -0.3 is 9.47 Å². The van der Waals surface area contributed by atoms with E-state index in [9.17, 15) is 18.0 Å². The van der Waals surface area contributed by atoms with E-state index in [2.05, 4.69) is 15.1 Å². The number of hydrogen-bond donors (Lipinski definition) is 0. The van der Waals surface area contributed by atoms with Crippen molar-refractivity contribution in [1.29, 1.82) is 0 Å². The highest BCUT2D eigenvalue weighted by atomic mass is 19.4. The fourth-order valence-electron chi connectivity index (χ4n) is 3.49.